The molecule has 0 aromatic rings. The highest BCUT2D eigenvalue weighted by molar-refractivity contribution is 4.27. The van der Waals surface area contributed by atoms with E-state index in [-0.39, 0.29) is 13.6 Å². The van der Waals surface area contributed by atoms with E-state index in [1.165, 1.54) is 0 Å². The third kappa shape index (κ3) is 22.6. The summed E-state index contributed by atoms with van der Waals surface area (Å²) in [4.78, 5) is 0. The highest BCUT2D eigenvalue weighted by atomic mass is 16.6. The van der Waals surface area contributed by atoms with E-state index < -0.39 is 0 Å². The predicted octanol–water partition coefficient (Wildman–Crippen LogP) is 1.51. The zero-order valence-electron chi connectivity index (χ0n) is 9.37. The van der Waals surface area contributed by atoms with Crippen molar-refractivity contribution in [1.29, 1.82) is 0 Å². The molecule has 0 aromatic heterocycles. The fourth-order valence-corrected chi connectivity index (χ4v) is 0.622. The van der Waals surface area contributed by atoms with Crippen molar-refractivity contribution >= 4 is 0 Å². The molecule has 2 N–H and O–H groups in total. The average molecular weight is 208 g/mol. The summed E-state index contributed by atoms with van der Waals surface area (Å²) in [6.07, 6.45) is 4.33. The van der Waals surface area contributed by atoms with Gasteiger partial charge in [0.2, 0.25) is 0 Å². The second kappa shape index (κ2) is 18.6. The first kappa shape index (κ1) is 16.3. The summed E-state index contributed by atoms with van der Waals surface area (Å²) in [6.45, 7) is 5.27. The van der Waals surface area contributed by atoms with Gasteiger partial charge < -0.3 is 19.7 Å². The minimum absolute atomic E-state index is 0.139. The van der Waals surface area contributed by atoms with Crippen LogP contribution in [0.4, 0.5) is 0 Å². The minimum Gasteiger partial charge on any atom is -0.371 e. The number of hydrogen-bond acceptors (Lipinski definition) is 4. The van der Waals surface area contributed by atoms with Crippen molar-refractivity contribution in [3.8, 4) is 0 Å². The average Bonchev–Trinajstić information content (AvgIpc) is 2.21. The van der Waals surface area contributed by atoms with Gasteiger partial charge in [-0.3, -0.25) is 0 Å². The van der Waals surface area contributed by atoms with Gasteiger partial charge >= 0.3 is 0 Å². The summed E-state index contributed by atoms with van der Waals surface area (Å²) < 4.78 is 9.26. The Bertz CT molecular complexity index is 60.5. The quantitative estimate of drug-likeness (QED) is 0.469. The molecule has 0 radical (unpaired) electrons. The molecule has 0 aliphatic rings. The Kier molecular flexibility index (Phi) is 21.6. The Balaban J connectivity index is 0. The molecular weight excluding hydrogens is 184 g/mol. The van der Waals surface area contributed by atoms with Gasteiger partial charge in [-0.25, -0.2) is 0 Å². The largest absolute Gasteiger partial charge is 0.371 e. The molecule has 0 spiro atoms. The SMILES string of the molecule is CCCCOCO.CCCCOCO. The van der Waals surface area contributed by atoms with Crippen LogP contribution in [0.3, 0.4) is 0 Å². The topological polar surface area (TPSA) is 58.9 Å². The lowest BCUT2D eigenvalue weighted by molar-refractivity contribution is -0.00266. The van der Waals surface area contributed by atoms with Crippen molar-refractivity contribution in [3.63, 3.8) is 0 Å². The number of ether oxygens (including phenoxy) is 2. The van der Waals surface area contributed by atoms with Crippen LogP contribution in [-0.2, 0) is 9.47 Å². The van der Waals surface area contributed by atoms with E-state index in [1.807, 2.05) is 0 Å². The summed E-state index contributed by atoms with van der Waals surface area (Å²) in [5.41, 5.74) is 0. The zero-order chi connectivity index (χ0) is 11.1. The van der Waals surface area contributed by atoms with E-state index in [1.54, 1.807) is 0 Å². The van der Waals surface area contributed by atoms with Crippen molar-refractivity contribution in [3.05, 3.63) is 0 Å². The Hall–Kier alpha value is -0.160. The van der Waals surface area contributed by atoms with Crippen LogP contribution in [0.5, 0.6) is 0 Å². The fraction of sp³-hybridized carbons (Fsp3) is 1.00. The molecular formula is C10H24O4. The van der Waals surface area contributed by atoms with Crippen LogP contribution in [0, 0.1) is 0 Å². The van der Waals surface area contributed by atoms with E-state index in [9.17, 15) is 0 Å². The number of aliphatic hydroxyl groups is 2. The summed E-state index contributed by atoms with van der Waals surface area (Å²) in [5, 5.41) is 16.1. The van der Waals surface area contributed by atoms with Gasteiger partial charge in [0.05, 0.1) is 0 Å². The zero-order valence-corrected chi connectivity index (χ0v) is 9.37. The third-order valence-electron chi connectivity index (χ3n) is 1.47. The van der Waals surface area contributed by atoms with Crippen LogP contribution in [0.25, 0.3) is 0 Å². The molecule has 0 fully saturated rings. The van der Waals surface area contributed by atoms with Crippen LogP contribution in [-0.4, -0.2) is 37.0 Å². The van der Waals surface area contributed by atoms with Crippen molar-refractivity contribution in [2.45, 2.75) is 39.5 Å². The summed E-state index contributed by atoms with van der Waals surface area (Å²) in [5.74, 6) is 0. The summed E-state index contributed by atoms with van der Waals surface area (Å²) >= 11 is 0. The molecule has 0 unspecified atom stereocenters. The molecule has 0 aliphatic heterocycles. The summed E-state index contributed by atoms with van der Waals surface area (Å²) in [6, 6.07) is 0. The van der Waals surface area contributed by atoms with Crippen LogP contribution < -0.4 is 0 Å². The van der Waals surface area contributed by atoms with Crippen molar-refractivity contribution < 1.29 is 19.7 Å². The van der Waals surface area contributed by atoms with E-state index >= 15 is 0 Å². The molecule has 14 heavy (non-hydrogen) atoms. The molecule has 0 amide bonds. The standard InChI is InChI=1S/2C5H12O2/c2*1-2-3-4-7-5-6/h2*6H,2-5H2,1H3. The highest BCUT2D eigenvalue weighted by Crippen LogP contribution is 1.85. The molecule has 4 heteroatoms. The lowest BCUT2D eigenvalue weighted by Crippen LogP contribution is -1.93. The molecule has 0 rings (SSSR count). The highest BCUT2D eigenvalue weighted by Gasteiger charge is 1.79. The molecule has 0 saturated carbocycles. The Labute approximate surface area is 86.8 Å². The second-order valence-corrected chi connectivity index (χ2v) is 2.78. The minimum atomic E-state index is -0.139. The number of unbranched alkanes of at least 4 members (excludes halogenated alkanes) is 2. The van der Waals surface area contributed by atoms with Gasteiger partial charge in [-0.15, -0.1) is 0 Å². The van der Waals surface area contributed by atoms with E-state index in [4.69, 9.17) is 10.2 Å². The number of hydrogen-bond donors (Lipinski definition) is 2. The lowest BCUT2D eigenvalue weighted by Gasteiger charge is -1.94. The van der Waals surface area contributed by atoms with Gasteiger partial charge in [0.25, 0.3) is 0 Å². The maximum Gasteiger partial charge on any atom is 0.143 e. The molecule has 0 aromatic carbocycles. The molecule has 0 bridgehead atoms. The van der Waals surface area contributed by atoms with Crippen molar-refractivity contribution in [2.24, 2.45) is 0 Å². The first-order valence-corrected chi connectivity index (χ1v) is 5.20. The van der Waals surface area contributed by atoms with E-state index in [2.05, 4.69) is 23.3 Å². The normalized spacial score (nSPS) is 9.43. The Morgan fingerprint density at radius 1 is 0.786 bits per heavy atom. The fourth-order valence-electron chi connectivity index (χ4n) is 0.622. The van der Waals surface area contributed by atoms with Crippen molar-refractivity contribution in [1.82, 2.24) is 0 Å². The number of rotatable bonds is 8. The van der Waals surface area contributed by atoms with Gasteiger partial charge in [0.1, 0.15) is 13.6 Å². The van der Waals surface area contributed by atoms with Crippen molar-refractivity contribution in [2.75, 3.05) is 26.8 Å². The van der Waals surface area contributed by atoms with Gasteiger partial charge in [-0.05, 0) is 12.8 Å². The molecule has 0 saturated heterocycles. The maximum absolute atomic E-state index is 8.07. The predicted molar refractivity (Wildman–Crippen MR) is 55.9 cm³/mol. The molecule has 0 atom stereocenters. The van der Waals surface area contributed by atoms with Crippen LogP contribution >= 0.6 is 0 Å². The second-order valence-electron chi connectivity index (χ2n) is 2.78. The molecule has 4 nitrogen and oxygen atoms in total. The van der Waals surface area contributed by atoms with Crippen LogP contribution in [0.2, 0.25) is 0 Å². The third-order valence-corrected chi connectivity index (χ3v) is 1.47. The molecule has 0 heterocycles. The maximum atomic E-state index is 8.07. The van der Waals surface area contributed by atoms with Crippen LogP contribution in [0.1, 0.15) is 39.5 Å². The lowest BCUT2D eigenvalue weighted by atomic mass is 10.4. The van der Waals surface area contributed by atoms with E-state index in [0.717, 1.165) is 25.7 Å². The van der Waals surface area contributed by atoms with Gasteiger partial charge in [-0.1, -0.05) is 26.7 Å². The molecule has 0 aliphatic carbocycles. The van der Waals surface area contributed by atoms with Gasteiger partial charge in [0, 0.05) is 13.2 Å². The smallest absolute Gasteiger partial charge is 0.143 e. The monoisotopic (exact) mass is 208 g/mol. The summed E-state index contributed by atoms with van der Waals surface area (Å²) in [7, 11) is 0. The first-order valence-electron chi connectivity index (χ1n) is 5.20. The van der Waals surface area contributed by atoms with Gasteiger partial charge in [0.15, 0.2) is 0 Å². The number of aliphatic hydroxyl groups excluding tert-OH is 2. The Morgan fingerprint density at radius 3 is 1.36 bits per heavy atom. The Morgan fingerprint density at radius 2 is 1.14 bits per heavy atom. The van der Waals surface area contributed by atoms with E-state index in [0.29, 0.717) is 13.2 Å². The van der Waals surface area contributed by atoms with Crippen LogP contribution in [0.15, 0.2) is 0 Å². The van der Waals surface area contributed by atoms with Gasteiger partial charge in [-0.2, -0.15) is 0 Å². The first-order chi connectivity index (χ1) is 6.83. The molecule has 88 valence electrons.